The van der Waals surface area contributed by atoms with Crippen LogP contribution in [0.4, 0.5) is 0 Å². The zero-order valence-electron chi connectivity index (χ0n) is 35.8. The van der Waals surface area contributed by atoms with Gasteiger partial charge >= 0.3 is 5.97 Å². The number of esters is 1. The van der Waals surface area contributed by atoms with Crippen LogP contribution in [0.15, 0.2) is 23.3 Å². The van der Waals surface area contributed by atoms with Crippen molar-refractivity contribution in [3.8, 4) is 0 Å². The quantitative estimate of drug-likeness (QED) is 0.181. The summed E-state index contributed by atoms with van der Waals surface area (Å²) in [7, 11) is 4.65. The first-order valence-electron chi connectivity index (χ1n) is 21.3. The molecule has 0 aromatic rings. The first kappa shape index (κ1) is 47.2. The molecular formula is C44H71NO12. The summed E-state index contributed by atoms with van der Waals surface area (Å²) in [5.74, 6) is -7.43. The Kier molecular flexibility index (Phi) is 17.5. The van der Waals surface area contributed by atoms with Gasteiger partial charge in [0.15, 0.2) is 0 Å². The minimum absolute atomic E-state index is 0.000502. The van der Waals surface area contributed by atoms with Crippen LogP contribution in [-0.2, 0) is 42.9 Å². The van der Waals surface area contributed by atoms with Gasteiger partial charge in [0.05, 0.1) is 30.5 Å². The second-order valence-electron chi connectivity index (χ2n) is 17.3. The number of methoxy groups -OCH3 is 3. The Hall–Kier alpha value is -2.52. The second kappa shape index (κ2) is 21.1. The van der Waals surface area contributed by atoms with Crippen molar-refractivity contribution >= 4 is 23.4 Å². The van der Waals surface area contributed by atoms with Gasteiger partial charge in [-0.05, 0) is 95.5 Å². The summed E-state index contributed by atoms with van der Waals surface area (Å²) >= 11 is 0. The Morgan fingerprint density at radius 1 is 0.895 bits per heavy atom. The molecule has 4 rings (SSSR count). The number of carbonyl (C=O) groups excluding carboxylic acids is 4. The van der Waals surface area contributed by atoms with E-state index in [4.69, 9.17) is 23.7 Å². The number of hydrogen-bond acceptors (Lipinski definition) is 12. The summed E-state index contributed by atoms with van der Waals surface area (Å²) in [6.45, 7) is 11.3. The zero-order chi connectivity index (χ0) is 42.2. The number of hydrogen-bond donors (Lipinski definition) is 3. The van der Waals surface area contributed by atoms with Crippen LogP contribution in [0.3, 0.4) is 0 Å². The highest BCUT2D eigenvalue weighted by Crippen LogP contribution is 2.39. The smallest absolute Gasteiger partial charge is 0.329 e. The Balaban J connectivity index is 1.78. The van der Waals surface area contributed by atoms with Crippen LogP contribution in [-0.4, -0.2) is 126 Å². The summed E-state index contributed by atoms with van der Waals surface area (Å²) in [6.07, 6.45) is 4.58. The molecule has 13 heteroatoms. The van der Waals surface area contributed by atoms with Crippen LogP contribution in [0.2, 0.25) is 0 Å². The van der Waals surface area contributed by atoms with Crippen LogP contribution in [0, 0.1) is 29.6 Å². The van der Waals surface area contributed by atoms with E-state index < -0.39 is 83.9 Å². The molecule has 14 atom stereocenters. The average Bonchev–Trinajstić information content (AvgIpc) is 3.20. The third-order valence-corrected chi connectivity index (χ3v) is 13.3. The van der Waals surface area contributed by atoms with Crippen molar-refractivity contribution in [2.24, 2.45) is 29.6 Å². The van der Waals surface area contributed by atoms with Gasteiger partial charge in [0.1, 0.15) is 24.0 Å². The molecule has 1 amide bonds. The summed E-state index contributed by atoms with van der Waals surface area (Å²) < 4.78 is 29.9. The van der Waals surface area contributed by atoms with Crippen molar-refractivity contribution in [1.29, 1.82) is 0 Å². The lowest BCUT2D eigenvalue weighted by Crippen LogP contribution is -2.64. The predicted molar refractivity (Wildman–Crippen MR) is 213 cm³/mol. The highest BCUT2D eigenvalue weighted by atomic mass is 16.7. The number of aliphatic hydroxyl groups excluding tert-OH is 2. The van der Waals surface area contributed by atoms with E-state index in [9.17, 15) is 34.5 Å². The molecule has 324 valence electrons. The summed E-state index contributed by atoms with van der Waals surface area (Å²) in [6, 6.07) is -1.13. The number of piperidine rings is 1. The highest BCUT2D eigenvalue weighted by Gasteiger charge is 2.56. The number of carbonyl (C=O) groups is 4. The molecule has 3 heterocycles. The molecule has 0 spiro atoms. The number of fused-ring (bicyclic) bond motifs is 3. The van der Waals surface area contributed by atoms with Gasteiger partial charge in [-0.2, -0.15) is 0 Å². The van der Waals surface area contributed by atoms with E-state index in [2.05, 4.69) is 6.92 Å². The fraction of sp³-hybridized carbons (Fsp3) is 0.818. The normalized spacial score (nSPS) is 41.1. The molecule has 13 nitrogen and oxygen atoms in total. The van der Waals surface area contributed by atoms with E-state index in [-0.39, 0.29) is 49.5 Å². The predicted octanol–water partition coefficient (Wildman–Crippen LogP) is 4.86. The van der Waals surface area contributed by atoms with E-state index >= 15 is 0 Å². The number of aliphatic hydroxyl groups is 3. The van der Waals surface area contributed by atoms with Gasteiger partial charge in [-0.1, -0.05) is 51.8 Å². The van der Waals surface area contributed by atoms with Gasteiger partial charge in [-0.25, -0.2) is 4.79 Å². The van der Waals surface area contributed by atoms with Crippen molar-refractivity contribution < 1.29 is 58.2 Å². The van der Waals surface area contributed by atoms with E-state index in [0.717, 1.165) is 12.0 Å². The Morgan fingerprint density at radius 3 is 2.19 bits per heavy atom. The summed E-state index contributed by atoms with van der Waals surface area (Å²) in [5, 5.41) is 34.2. The lowest BCUT2D eigenvalue weighted by atomic mass is 9.81. The molecule has 0 aromatic carbocycles. The SMILES string of the molecule is CC[C@H]1C/C(C)=C/[C@@H](CC)C(=O)C[C@H](O)[C@@H](C)[C@@H](/C(C)=C/[C@@H]2CC[C@H](O)[C@H](OC)C2)OC(=O)[C@@H]2CCCCN2C(=O)C(=O)[C@]2(O)O[C@H]([C@@H](OC)C1)[C@@H](OC)C[C@H]2C. The first-order valence-corrected chi connectivity index (χ1v) is 21.3. The van der Waals surface area contributed by atoms with Crippen molar-refractivity contribution in [3.63, 3.8) is 0 Å². The average molecular weight is 806 g/mol. The minimum atomic E-state index is -2.50. The maximum Gasteiger partial charge on any atom is 0.329 e. The van der Waals surface area contributed by atoms with Crippen LogP contribution in [0.25, 0.3) is 0 Å². The van der Waals surface area contributed by atoms with E-state index in [0.29, 0.717) is 56.9 Å². The van der Waals surface area contributed by atoms with Crippen LogP contribution >= 0.6 is 0 Å². The molecule has 1 saturated carbocycles. The van der Waals surface area contributed by atoms with Crippen LogP contribution in [0.5, 0.6) is 0 Å². The standard InChI is InChI=1S/C44H71NO12/c1-10-29-18-25(3)19-31(11-2)35(48)24-34(47)28(6)39(26(4)20-30-15-16-33(46)36(23-30)53-7)56-43(51)32-14-12-13-17-45(32)42(50)41(49)44(52)27(5)21-37(54-8)40(57-44)38(22-29)55-9/h19-20,27-34,36-40,46-47,52H,10-18,21-24H2,1-9H3/b25-19+,26-20+/t27-,28-,29+,30+,31-,32+,33+,34+,36-,37+,38+,39-,40+,44-/m1/s1. The number of allylic oxidation sites excluding steroid dienone is 3. The van der Waals surface area contributed by atoms with Crippen LogP contribution < -0.4 is 0 Å². The molecule has 3 aliphatic heterocycles. The number of Topliss-reactive ketones (excluding diaryl/α,β-unsaturated/α-hetero) is 2. The third-order valence-electron chi connectivity index (χ3n) is 13.3. The molecule has 2 saturated heterocycles. The molecule has 0 radical (unpaired) electrons. The van der Waals surface area contributed by atoms with Crippen molar-refractivity contribution in [2.45, 2.75) is 173 Å². The summed E-state index contributed by atoms with van der Waals surface area (Å²) in [4.78, 5) is 57.9. The van der Waals surface area contributed by atoms with Crippen molar-refractivity contribution in [3.05, 3.63) is 23.3 Å². The molecule has 3 fully saturated rings. The monoisotopic (exact) mass is 805 g/mol. The maximum absolute atomic E-state index is 14.3. The van der Waals surface area contributed by atoms with Gasteiger partial charge in [0.25, 0.3) is 11.7 Å². The van der Waals surface area contributed by atoms with Crippen molar-refractivity contribution in [2.75, 3.05) is 27.9 Å². The molecule has 2 bridgehead atoms. The van der Waals surface area contributed by atoms with Crippen LogP contribution in [0.1, 0.15) is 119 Å². The number of ether oxygens (including phenoxy) is 5. The van der Waals surface area contributed by atoms with Crippen molar-refractivity contribution in [1.82, 2.24) is 4.90 Å². The summed E-state index contributed by atoms with van der Waals surface area (Å²) in [5.41, 5.74) is 1.68. The largest absolute Gasteiger partial charge is 0.456 e. The van der Waals surface area contributed by atoms with E-state index in [1.807, 2.05) is 32.9 Å². The van der Waals surface area contributed by atoms with Gasteiger partial charge < -0.3 is 43.9 Å². The molecule has 57 heavy (non-hydrogen) atoms. The number of amides is 1. The molecule has 1 aliphatic carbocycles. The number of ketones is 2. The first-order chi connectivity index (χ1) is 27.0. The number of rotatable bonds is 7. The molecule has 0 aromatic heterocycles. The van der Waals surface area contributed by atoms with E-state index in [1.165, 1.54) is 12.0 Å². The third kappa shape index (κ3) is 11.2. The highest BCUT2D eigenvalue weighted by molar-refractivity contribution is 6.39. The molecule has 4 aliphatic rings. The maximum atomic E-state index is 14.3. The van der Waals surface area contributed by atoms with Gasteiger partial charge in [0.2, 0.25) is 5.79 Å². The number of nitrogens with zero attached hydrogens (tertiary/aromatic N) is 1. The lowest BCUT2D eigenvalue weighted by Gasteiger charge is -2.47. The number of cyclic esters (lactones) is 1. The minimum Gasteiger partial charge on any atom is -0.456 e. The Morgan fingerprint density at radius 2 is 1.56 bits per heavy atom. The van der Waals surface area contributed by atoms with Gasteiger partial charge in [0, 0.05) is 52.0 Å². The molecular weight excluding hydrogens is 734 g/mol. The lowest BCUT2D eigenvalue weighted by molar-refractivity contribution is -0.302. The zero-order valence-corrected chi connectivity index (χ0v) is 35.8. The second-order valence-corrected chi connectivity index (χ2v) is 17.3. The van der Waals surface area contributed by atoms with E-state index in [1.54, 1.807) is 28.1 Å². The molecule has 3 N–H and O–H groups in total. The fourth-order valence-electron chi connectivity index (χ4n) is 9.54. The van der Waals surface area contributed by atoms with Gasteiger partial charge in [-0.15, -0.1) is 0 Å². The Labute approximate surface area is 339 Å². The molecule has 0 unspecified atom stereocenters. The fourth-order valence-corrected chi connectivity index (χ4v) is 9.54. The van der Waals surface area contributed by atoms with Gasteiger partial charge in [-0.3, -0.25) is 14.4 Å². The topological polar surface area (TPSA) is 178 Å². The Bertz CT molecular complexity index is 1450.